The van der Waals surface area contributed by atoms with E-state index in [-0.39, 0.29) is 0 Å². The van der Waals surface area contributed by atoms with E-state index in [2.05, 4.69) is 20.8 Å². The molecule has 0 radical (unpaired) electrons. The molecule has 0 aliphatic heterocycles. The highest BCUT2D eigenvalue weighted by Crippen LogP contribution is 2.60. The van der Waals surface area contributed by atoms with Crippen LogP contribution in [0.5, 0.6) is 0 Å². The van der Waals surface area contributed by atoms with Crippen molar-refractivity contribution in [2.24, 2.45) is 0 Å². The van der Waals surface area contributed by atoms with E-state index in [9.17, 15) is 43.2 Å². The minimum absolute atomic E-state index is 0.493. The van der Waals surface area contributed by atoms with Gasteiger partial charge in [0.25, 0.3) is 0 Å². The van der Waals surface area contributed by atoms with Gasteiger partial charge >= 0.3 is 31.1 Å². The average molecular weight is 613 g/mol. The second kappa shape index (κ2) is 19.0. The Bertz CT molecular complexity index is 717. The molecule has 0 unspecified atom stereocenters. The first-order chi connectivity index (χ1) is 16.9. The van der Waals surface area contributed by atoms with Crippen LogP contribution in [0.1, 0.15) is 97.8 Å². The molecule has 0 saturated heterocycles. The second-order valence-corrected chi connectivity index (χ2v) is 17.0. The van der Waals surface area contributed by atoms with Crippen LogP contribution >= 0.6 is 7.26 Å². The summed E-state index contributed by atoms with van der Waals surface area (Å²) < 4.78 is 114. The van der Waals surface area contributed by atoms with Crippen LogP contribution in [0.4, 0.5) is 26.3 Å². The van der Waals surface area contributed by atoms with Crippen molar-refractivity contribution in [1.82, 2.24) is 4.13 Å². The fraction of sp³-hybridized carbons (Fsp3) is 1.00. The summed E-state index contributed by atoms with van der Waals surface area (Å²) in [6.45, 7) is 6.94. The zero-order chi connectivity index (χ0) is 29.2. The molecule has 0 fully saturated rings. The Morgan fingerprint density at radius 3 is 1.11 bits per heavy atom. The van der Waals surface area contributed by atoms with Crippen LogP contribution in [0.25, 0.3) is 0 Å². The molecular weight excluding hydrogens is 567 g/mol. The molecule has 0 aliphatic rings. The van der Waals surface area contributed by atoms with E-state index in [1.54, 1.807) is 0 Å². The Balaban J connectivity index is 0. The molecule has 0 aromatic heterocycles. The third kappa shape index (κ3) is 17.2. The number of hydrogen-bond acceptors (Lipinski definition) is 5. The van der Waals surface area contributed by atoms with Gasteiger partial charge in [0.2, 0.25) is 0 Å². The summed E-state index contributed by atoms with van der Waals surface area (Å²) in [6.07, 6.45) is 22.5. The first-order valence-corrected chi connectivity index (χ1v) is 18.2. The summed E-state index contributed by atoms with van der Waals surface area (Å²) in [5, 5.41) is 0. The van der Waals surface area contributed by atoms with Crippen molar-refractivity contribution in [2.45, 2.75) is 109 Å². The van der Waals surface area contributed by atoms with Crippen LogP contribution in [0.2, 0.25) is 0 Å². The molecule has 37 heavy (non-hydrogen) atoms. The predicted molar refractivity (Wildman–Crippen MR) is 139 cm³/mol. The third-order valence-corrected chi connectivity index (χ3v) is 13.3. The Morgan fingerprint density at radius 1 is 0.595 bits per heavy atom. The molecule has 0 bridgehead atoms. The van der Waals surface area contributed by atoms with Gasteiger partial charge in [-0.3, -0.25) is 0 Å². The number of hydrogen-bond donors (Lipinski definition) is 1. The number of ether oxygens (including phenoxy) is 1. The maximum absolute atomic E-state index is 11.5. The molecule has 15 heteroatoms. The predicted octanol–water partition coefficient (Wildman–Crippen LogP) is 7.62. The minimum Gasteiger partial charge on any atom is -0.350 e. The van der Waals surface area contributed by atoms with E-state index in [0.717, 1.165) is 6.35 Å². The largest absolute Gasteiger partial charge is 0.512 e. The van der Waals surface area contributed by atoms with Gasteiger partial charge in [0.05, 0.1) is 18.5 Å². The number of unbranched alkanes of at least 4 members (excludes halogenated alkanes) is 9. The van der Waals surface area contributed by atoms with Gasteiger partial charge in [0, 0.05) is 14.4 Å². The van der Waals surface area contributed by atoms with Crippen LogP contribution in [0.15, 0.2) is 0 Å². The summed E-state index contributed by atoms with van der Waals surface area (Å²) in [7, 11) is -12.1. The molecule has 0 spiro atoms. The molecule has 0 atom stereocenters. The topological polar surface area (TPSA) is 89.5 Å². The molecule has 0 heterocycles. The van der Waals surface area contributed by atoms with Gasteiger partial charge < -0.3 is 4.74 Å². The van der Waals surface area contributed by atoms with Gasteiger partial charge in [-0.1, -0.05) is 63.4 Å². The number of halogens is 6. The summed E-state index contributed by atoms with van der Waals surface area (Å²) in [6, 6.07) is 0. The SMILES string of the molecule is CCCCCC[P+](CCCCCC)(CCCCCC)COC.O=S(=O)(NS(=O)(=O)C(F)(F)F)C(F)(F)F. The lowest BCUT2D eigenvalue weighted by atomic mass is 10.2. The number of methoxy groups -OCH3 is 1. The standard InChI is InChI=1S/C20H44OP.C2HF6NO4S2/c1-5-8-11-14-17-22(20-21-4,18-15-12-9-6-2)19-16-13-10-7-3;3-1(4,5)14(10,11)9-15(12,13)2(6,7)8/h5-20H2,1-4H3;9H/q+1;. The first kappa shape index (κ1) is 39.0. The van der Waals surface area contributed by atoms with Crippen molar-refractivity contribution >= 4 is 27.3 Å². The van der Waals surface area contributed by atoms with Crippen molar-refractivity contribution < 1.29 is 47.9 Å². The van der Waals surface area contributed by atoms with Crippen LogP contribution in [-0.4, -0.2) is 59.8 Å². The lowest BCUT2D eigenvalue weighted by Gasteiger charge is -2.27. The fourth-order valence-electron chi connectivity index (χ4n) is 3.66. The van der Waals surface area contributed by atoms with Crippen LogP contribution in [0.3, 0.4) is 0 Å². The van der Waals surface area contributed by atoms with Crippen molar-refractivity contribution in [3.05, 3.63) is 0 Å². The maximum Gasteiger partial charge on any atom is 0.512 e. The van der Waals surface area contributed by atoms with Gasteiger partial charge in [-0.25, -0.2) is 16.8 Å². The molecule has 0 saturated carbocycles. The Morgan fingerprint density at radius 2 is 0.892 bits per heavy atom. The molecule has 0 aliphatic carbocycles. The van der Waals surface area contributed by atoms with E-state index < -0.39 is 42.5 Å². The monoisotopic (exact) mass is 612 g/mol. The normalized spacial score (nSPS) is 13.4. The quantitative estimate of drug-likeness (QED) is 0.0921. The minimum atomic E-state index is -6.60. The van der Waals surface area contributed by atoms with Crippen LogP contribution in [0, 0.1) is 0 Å². The lowest BCUT2D eigenvalue weighted by Crippen LogP contribution is -2.45. The molecule has 1 N–H and O–H groups in total. The molecular formula is C22H45F6NO5PS2+. The molecule has 6 nitrogen and oxygen atoms in total. The van der Waals surface area contributed by atoms with E-state index in [0.29, 0.717) is 0 Å². The number of rotatable bonds is 19. The number of alkyl halides is 6. The zero-order valence-corrected chi connectivity index (χ0v) is 24.9. The van der Waals surface area contributed by atoms with E-state index in [1.807, 2.05) is 7.11 Å². The van der Waals surface area contributed by atoms with Crippen LogP contribution in [-0.2, 0) is 24.8 Å². The maximum atomic E-state index is 11.5. The van der Waals surface area contributed by atoms with Crippen molar-refractivity contribution in [3.8, 4) is 0 Å². The highest BCUT2D eigenvalue weighted by atomic mass is 32.3. The summed E-state index contributed by atoms with van der Waals surface area (Å²) >= 11 is 0. The highest BCUT2D eigenvalue weighted by molar-refractivity contribution is 8.05. The number of sulfonamides is 2. The van der Waals surface area contributed by atoms with Crippen molar-refractivity contribution in [1.29, 1.82) is 0 Å². The first-order valence-electron chi connectivity index (χ1n) is 12.7. The average Bonchev–Trinajstić information content (AvgIpc) is 2.76. The van der Waals surface area contributed by atoms with Gasteiger partial charge in [0.1, 0.15) is 0 Å². The van der Waals surface area contributed by atoms with Crippen molar-refractivity contribution in [3.63, 3.8) is 0 Å². The van der Waals surface area contributed by atoms with Gasteiger partial charge in [-0.15, -0.1) is 0 Å². The third-order valence-electron chi connectivity index (χ3n) is 5.69. The van der Waals surface area contributed by atoms with E-state index in [1.165, 1.54) is 95.5 Å². The van der Waals surface area contributed by atoms with Gasteiger partial charge in [-0.2, -0.15) is 26.3 Å². The summed E-state index contributed by atoms with van der Waals surface area (Å²) in [4.78, 5) is 0. The summed E-state index contributed by atoms with van der Waals surface area (Å²) in [5.74, 6) is 0. The Labute approximate surface area is 220 Å². The van der Waals surface area contributed by atoms with Crippen molar-refractivity contribution in [2.75, 3.05) is 31.9 Å². The molecule has 226 valence electrons. The highest BCUT2D eigenvalue weighted by Gasteiger charge is 2.55. The van der Waals surface area contributed by atoms with Crippen LogP contribution < -0.4 is 4.13 Å². The van der Waals surface area contributed by atoms with E-state index in [4.69, 9.17) is 4.74 Å². The van der Waals surface area contributed by atoms with Gasteiger partial charge in [-0.05, 0) is 38.5 Å². The molecule has 0 rings (SSSR count). The Kier molecular flexibility index (Phi) is 20.0. The smallest absolute Gasteiger partial charge is 0.350 e. The zero-order valence-electron chi connectivity index (χ0n) is 22.4. The molecule has 0 aromatic rings. The fourth-order valence-corrected chi connectivity index (χ4v) is 9.86. The second-order valence-electron chi connectivity index (χ2n) is 9.09. The van der Waals surface area contributed by atoms with E-state index >= 15 is 0 Å². The summed E-state index contributed by atoms with van der Waals surface area (Å²) in [5.41, 5.74) is -12.3. The number of nitrogens with one attached hydrogen (secondary N) is 1. The van der Waals surface area contributed by atoms with Gasteiger partial charge in [0.15, 0.2) is 6.35 Å². The Hall–Kier alpha value is -0.170. The lowest BCUT2D eigenvalue weighted by molar-refractivity contribution is -0.0476. The molecule has 0 aromatic carbocycles. The molecule has 0 amide bonds.